The van der Waals surface area contributed by atoms with Gasteiger partial charge in [0.2, 0.25) is 5.91 Å². The first kappa shape index (κ1) is 20.9. The number of nitrogens with one attached hydrogen (secondary N) is 2. The van der Waals surface area contributed by atoms with Crippen LogP contribution in [0.15, 0.2) is 0 Å². The molecule has 0 bridgehead atoms. The number of amides is 1. The van der Waals surface area contributed by atoms with Crippen molar-refractivity contribution >= 4 is 53.7 Å². The highest BCUT2D eigenvalue weighted by atomic mass is 35.5. The molecule has 2 fully saturated rings. The van der Waals surface area contributed by atoms with E-state index in [2.05, 4.69) is 27.6 Å². The zero-order valence-corrected chi connectivity index (χ0v) is 16.4. The third kappa shape index (κ3) is 4.11. The van der Waals surface area contributed by atoms with Crippen molar-refractivity contribution in [1.29, 1.82) is 0 Å². The van der Waals surface area contributed by atoms with Gasteiger partial charge in [0, 0.05) is 45.1 Å². The number of nitrogens with zero attached hydrogens (tertiary/aromatic N) is 2. The average molecular weight is 402 g/mol. The number of thiazole rings is 1. The Kier molecular flexibility index (Phi) is 7.57. The molecule has 2 aliphatic heterocycles. The van der Waals surface area contributed by atoms with E-state index >= 15 is 0 Å². The average Bonchev–Trinajstić information content (AvgIpc) is 3.03. The van der Waals surface area contributed by atoms with Gasteiger partial charge in [-0.3, -0.25) is 4.79 Å². The van der Waals surface area contributed by atoms with Crippen LogP contribution in [0.3, 0.4) is 0 Å². The van der Waals surface area contributed by atoms with E-state index in [4.69, 9.17) is 11.6 Å². The Balaban J connectivity index is 0.00000132. The van der Waals surface area contributed by atoms with E-state index in [0.717, 1.165) is 47.6 Å². The standard InChI is InChI=1S/C14H21ClN4OS.2ClH/c1-9-12(15)21-11(18-9)3-4-17-13(20)14-7-16-5-10(14)6-19(2)8-14;;/h10,16H,3-8H2,1-2H3,(H,17,20);2*1H/t10-,14-;;/m1../s1. The lowest BCUT2D eigenvalue weighted by molar-refractivity contribution is -0.130. The highest BCUT2D eigenvalue weighted by molar-refractivity contribution is 7.16. The Morgan fingerprint density at radius 2 is 2.30 bits per heavy atom. The van der Waals surface area contributed by atoms with E-state index in [-0.39, 0.29) is 36.1 Å². The fraction of sp³-hybridized carbons (Fsp3) is 0.714. The number of rotatable bonds is 4. The van der Waals surface area contributed by atoms with Crippen LogP contribution in [0.1, 0.15) is 10.7 Å². The molecule has 1 amide bonds. The molecule has 0 aromatic carbocycles. The molecule has 5 nitrogen and oxygen atoms in total. The molecular formula is C14H23Cl3N4OS. The molecule has 0 saturated carbocycles. The quantitative estimate of drug-likeness (QED) is 0.807. The maximum Gasteiger partial charge on any atom is 0.229 e. The van der Waals surface area contributed by atoms with Crippen LogP contribution in [0.4, 0.5) is 0 Å². The molecule has 3 rings (SSSR count). The van der Waals surface area contributed by atoms with Crippen LogP contribution in [-0.4, -0.2) is 55.6 Å². The van der Waals surface area contributed by atoms with E-state index in [1.807, 2.05) is 6.92 Å². The lowest BCUT2D eigenvalue weighted by Gasteiger charge is -2.26. The Bertz CT molecular complexity index is 537. The summed E-state index contributed by atoms with van der Waals surface area (Å²) in [7, 11) is 2.09. The summed E-state index contributed by atoms with van der Waals surface area (Å²) in [6.45, 7) is 6.11. The number of aromatic nitrogens is 1. The number of hydrogen-bond acceptors (Lipinski definition) is 5. The lowest BCUT2D eigenvalue weighted by Crippen LogP contribution is -2.47. The van der Waals surface area contributed by atoms with E-state index in [9.17, 15) is 4.79 Å². The number of aryl methyl sites for hydroxylation is 1. The van der Waals surface area contributed by atoms with Crippen LogP contribution >= 0.6 is 47.8 Å². The normalized spacial score (nSPS) is 26.3. The Hall–Kier alpha value is -0.110. The molecule has 0 spiro atoms. The van der Waals surface area contributed by atoms with Gasteiger partial charge in [0.05, 0.1) is 16.1 Å². The Morgan fingerprint density at radius 3 is 2.96 bits per heavy atom. The molecule has 23 heavy (non-hydrogen) atoms. The number of carbonyl (C=O) groups excluding carboxylic acids is 1. The van der Waals surface area contributed by atoms with E-state index in [1.54, 1.807) is 0 Å². The fourth-order valence-corrected chi connectivity index (χ4v) is 4.59. The van der Waals surface area contributed by atoms with Crippen LogP contribution in [0, 0.1) is 18.3 Å². The number of fused-ring (bicyclic) bond motifs is 1. The monoisotopic (exact) mass is 400 g/mol. The van der Waals surface area contributed by atoms with Crippen molar-refractivity contribution in [2.45, 2.75) is 13.3 Å². The summed E-state index contributed by atoms with van der Waals surface area (Å²) in [5.74, 6) is 0.611. The molecule has 2 aliphatic rings. The molecule has 0 aliphatic carbocycles. The van der Waals surface area contributed by atoms with Gasteiger partial charge in [-0.25, -0.2) is 4.98 Å². The van der Waals surface area contributed by atoms with Crippen LogP contribution in [-0.2, 0) is 11.2 Å². The summed E-state index contributed by atoms with van der Waals surface area (Å²) in [6.07, 6.45) is 0.744. The number of hydrogen-bond donors (Lipinski definition) is 2. The van der Waals surface area contributed by atoms with Crippen LogP contribution in [0.5, 0.6) is 0 Å². The van der Waals surface area contributed by atoms with Crippen molar-refractivity contribution in [3.8, 4) is 0 Å². The predicted molar refractivity (Wildman–Crippen MR) is 99.4 cm³/mol. The second-order valence-corrected chi connectivity index (χ2v) is 7.84. The second kappa shape index (κ2) is 8.32. The summed E-state index contributed by atoms with van der Waals surface area (Å²) in [4.78, 5) is 19.3. The second-order valence-electron chi connectivity index (χ2n) is 6.15. The minimum Gasteiger partial charge on any atom is -0.355 e. The van der Waals surface area contributed by atoms with Crippen molar-refractivity contribution in [3.05, 3.63) is 15.0 Å². The molecule has 2 N–H and O–H groups in total. The van der Waals surface area contributed by atoms with Gasteiger partial charge in [-0.05, 0) is 14.0 Å². The molecule has 3 heterocycles. The molecule has 0 unspecified atom stereocenters. The lowest BCUT2D eigenvalue weighted by atomic mass is 9.80. The van der Waals surface area contributed by atoms with Crippen molar-refractivity contribution in [2.24, 2.45) is 11.3 Å². The largest absolute Gasteiger partial charge is 0.355 e. The van der Waals surface area contributed by atoms with Crippen molar-refractivity contribution in [3.63, 3.8) is 0 Å². The fourth-order valence-electron chi connectivity index (χ4n) is 3.49. The molecular weight excluding hydrogens is 379 g/mol. The van der Waals surface area contributed by atoms with Gasteiger partial charge >= 0.3 is 0 Å². The molecule has 2 atom stereocenters. The van der Waals surface area contributed by atoms with Gasteiger partial charge in [0.1, 0.15) is 4.34 Å². The van der Waals surface area contributed by atoms with E-state index in [0.29, 0.717) is 12.5 Å². The van der Waals surface area contributed by atoms with Gasteiger partial charge in [0.15, 0.2) is 0 Å². The van der Waals surface area contributed by atoms with Crippen molar-refractivity contribution in [1.82, 2.24) is 20.5 Å². The molecule has 2 saturated heterocycles. The summed E-state index contributed by atoms with van der Waals surface area (Å²) >= 11 is 7.52. The SMILES string of the molecule is Cc1nc(CCNC(=O)[C@@]23CNC[C@@H]2CN(C)C3)sc1Cl.Cl.Cl. The predicted octanol–water partition coefficient (Wildman–Crippen LogP) is 1.76. The minimum absolute atomic E-state index is 0. The summed E-state index contributed by atoms with van der Waals surface area (Å²) in [5, 5.41) is 7.46. The molecule has 132 valence electrons. The molecule has 0 radical (unpaired) electrons. The van der Waals surface area contributed by atoms with Crippen molar-refractivity contribution < 1.29 is 4.79 Å². The molecule has 1 aromatic heterocycles. The third-order valence-electron chi connectivity index (χ3n) is 4.56. The Labute approximate surface area is 158 Å². The summed E-state index contributed by atoms with van der Waals surface area (Å²) in [5.41, 5.74) is 0.629. The maximum absolute atomic E-state index is 12.6. The first-order valence-corrected chi connectivity index (χ1v) is 8.50. The zero-order valence-electron chi connectivity index (χ0n) is 13.2. The molecule has 9 heteroatoms. The van der Waals surface area contributed by atoms with E-state index in [1.165, 1.54) is 11.3 Å². The number of carbonyl (C=O) groups is 1. The van der Waals surface area contributed by atoms with Gasteiger partial charge in [-0.1, -0.05) is 11.6 Å². The van der Waals surface area contributed by atoms with Crippen LogP contribution in [0.25, 0.3) is 0 Å². The molecule has 1 aromatic rings. The topological polar surface area (TPSA) is 57.3 Å². The third-order valence-corrected chi connectivity index (χ3v) is 6.07. The first-order chi connectivity index (χ1) is 10.0. The minimum atomic E-state index is -0.245. The number of halogens is 3. The van der Waals surface area contributed by atoms with Crippen LogP contribution in [0.2, 0.25) is 4.34 Å². The zero-order chi connectivity index (χ0) is 15.0. The van der Waals surface area contributed by atoms with E-state index < -0.39 is 0 Å². The van der Waals surface area contributed by atoms with Crippen molar-refractivity contribution in [2.75, 3.05) is 39.8 Å². The van der Waals surface area contributed by atoms with Crippen LogP contribution < -0.4 is 10.6 Å². The summed E-state index contributed by atoms with van der Waals surface area (Å²) in [6, 6.07) is 0. The highest BCUT2D eigenvalue weighted by Gasteiger charge is 2.53. The number of likely N-dealkylation sites (tertiary alicyclic amines) is 1. The van der Waals surface area contributed by atoms with Gasteiger partial charge in [-0.15, -0.1) is 36.2 Å². The van der Waals surface area contributed by atoms with Gasteiger partial charge in [0.25, 0.3) is 0 Å². The first-order valence-electron chi connectivity index (χ1n) is 7.30. The van der Waals surface area contributed by atoms with Gasteiger partial charge < -0.3 is 15.5 Å². The smallest absolute Gasteiger partial charge is 0.229 e. The highest BCUT2D eigenvalue weighted by Crippen LogP contribution is 2.38. The maximum atomic E-state index is 12.6. The summed E-state index contributed by atoms with van der Waals surface area (Å²) < 4.78 is 0.743. The Morgan fingerprint density at radius 1 is 1.57 bits per heavy atom. The van der Waals surface area contributed by atoms with Gasteiger partial charge in [-0.2, -0.15) is 0 Å².